The number of nitrogens with zero attached hydrogens (tertiary/aromatic N) is 1. The van der Waals surface area contributed by atoms with Crippen LogP contribution in [0, 0.1) is 6.92 Å². The van der Waals surface area contributed by atoms with Gasteiger partial charge in [0, 0.05) is 24.8 Å². The Morgan fingerprint density at radius 3 is 2.76 bits per heavy atom. The molecule has 0 aliphatic rings. The lowest BCUT2D eigenvalue weighted by atomic mass is 10.1. The summed E-state index contributed by atoms with van der Waals surface area (Å²) >= 11 is 0. The van der Waals surface area contributed by atoms with Crippen molar-refractivity contribution in [3.63, 3.8) is 0 Å². The molecule has 2 aromatic rings. The van der Waals surface area contributed by atoms with Gasteiger partial charge in [0.25, 0.3) is 0 Å². The minimum atomic E-state index is -3.52. The summed E-state index contributed by atoms with van der Waals surface area (Å²) in [5, 5.41) is 9.65. The fourth-order valence-electron chi connectivity index (χ4n) is 1.90. The predicted octanol–water partition coefficient (Wildman–Crippen LogP) is 1.31. The fraction of sp³-hybridized carbons (Fsp3) is 0.357. The zero-order valence-corrected chi connectivity index (χ0v) is 13.0. The quantitative estimate of drug-likeness (QED) is 0.719. The summed E-state index contributed by atoms with van der Waals surface area (Å²) in [5.74, 6) is 0. The number of hydrogen-bond acceptors (Lipinski definition) is 4. The van der Waals surface area contributed by atoms with Crippen LogP contribution in [0.25, 0.3) is 0 Å². The van der Waals surface area contributed by atoms with E-state index < -0.39 is 10.0 Å². The maximum absolute atomic E-state index is 12.3. The number of rotatable bonds is 7. The third-order valence-electron chi connectivity index (χ3n) is 3.22. The van der Waals surface area contributed by atoms with E-state index in [2.05, 4.69) is 20.2 Å². The largest absolute Gasteiger partial charge is 0.313 e. The van der Waals surface area contributed by atoms with Gasteiger partial charge in [-0.05, 0) is 36.7 Å². The molecule has 0 fully saturated rings. The van der Waals surface area contributed by atoms with E-state index in [9.17, 15) is 8.42 Å². The summed E-state index contributed by atoms with van der Waals surface area (Å²) in [6.45, 7) is 5.71. The van der Waals surface area contributed by atoms with Gasteiger partial charge in [0.1, 0.15) is 0 Å². The van der Waals surface area contributed by atoms with Crippen molar-refractivity contribution >= 4 is 10.0 Å². The molecule has 0 spiro atoms. The van der Waals surface area contributed by atoms with Crippen LogP contribution >= 0.6 is 0 Å². The second-order valence-electron chi connectivity index (χ2n) is 4.80. The molecular weight excluding hydrogens is 288 g/mol. The zero-order chi connectivity index (χ0) is 15.3. The van der Waals surface area contributed by atoms with Crippen molar-refractivity contribution in [2.45, 2.75) is 31.8 Å². The first-order chi connectivity index (χ1) is 10.0. The standard InChI is InChI=1S/C14H20N4O2S/c1-3-15-10-13-6-14(5-4-11(13)2)21(19,20)18-9-12-7-16-17-8-12/h4-8,15,18H,3,9-10H2,1-2H3,(H,16,17). The van der Waals surface area contributed by atoms with Crippen LogP contribution in [0.1, 0.15) is 23.6 Å². The van der Waals surface area contributed by atoms with Gasteiger partial charge in [-0.25, -0.2) is 13.1 Å². The van der Waals surface area contributed by atoms with Crippen LogP contribution in [0.5, 0.6) is 0 Å². The number of aromatic nitrogens is 2. The van der Waals surface area contributed by atoms with Crippen LogP contribution in [0.4, 0.5) is 0 Å². The Kier molecular flexibility index (Phi) is 5.11. The molecule has 0 saturated carbocycles. The molecule has 3 N–H and O–H groups in total. The molecule has 0 saturated heterocycles. The summed E-state index contributed by atoms with van der Waals surface area (Å²) in [6.07, 6.45) is 3.25. The lowest BCUT2D eigenvalue weighted by molar-refractivity contribution is 0.581. The molecule has 1 aromatic carbocycles. The highest BCUT2D eigenvalue weighted by atomic mass is 32.2. The number of aryl methyl sites for hydroxylation is 1. The smallest absolute Gasteiger partial charge is 0.240 e. The van der Waals surface area contributed by atoms with Gasteiger partial charge in [0.05, 0.1) is 11.1 Å². The van der Waals surface area contributed by atoms with Gasteiger partial charge in [0.2, 0.25) is 10.0 Å². The first-order valence-electron chi connectivity index (χ1n) is 6.80. The first kappa shape index (κ1) is 15.7. The van der Waals surface area contributed by atoms with E-state index in [0.29, 0.717) is 6.54 Å². The highest BCUT2D eigenvalue weighted by Gasteiger charge is 2.15. The summed E-state index contributed by atoms with van der Waals surface area (Å²) in [7, 11) is -3.52. The summed E-state index contributed by atoms with van der Waals surface area (Å²) in [4.78, 5) is 0.282. The van der Waals surface area contributed by atoms with Gasteiger partial charge >= 0.3 is 0 Å². The minimum absolute atomic E-state index is 0.218. The molecule has 0 aliphatic carbocycles. The number of aromatic amines is 1. The third kappa shape index (κ3) is 4.13. The van der Waals surface area contributed by atoms with Crippen molar-refractivity contribution in [1.82, 2.24) is 20.2 Å². The van der Waals surface area contributed by atoms with E-state index in [1.807, 2.05) is 19.9 Å². The van der Waals surface area contributed by atoms with Crippen molar-refractivity contribution < 1.29 is 8.42 Å². The number of H-pyrrole nitrogens is 1. The molecule has 21 heavy (non-hydrogen) atoms. The number of sulfonamides is 1. The van der Waals surface area contributed by atoms with Gasteiger partial charge in [-0.3, -0.25) is 5.10 Å². The van der Waals surface area contributed by atoms with Crippen molar-refractivity contribution in [3.8, 4) is 0 Å². The Morgan fingerprint density at radius 2 is 2.10 bits per heavy atom. The topological polar surface area (TPSA) is 86.9 Å². The summed E-state index contributed by atoms with van der Waals surface area (Å²) < 4.78 is 27.2. The van der Waals surface area contributed by atoms with E-state index in [4.69, 9.17) is 0 Å². The van der Waals surface area contributed by atoms with E-state index in [0.717, 1.165) is 23.2 Å². The Hall–Kier alpha value is -1.70. The highest BCUT2D eigenvalue weighted by molar-refractivity contribution is 7.89. The van der Waals surface area contributed by atoms with Crippen LogP contribution in [-0.4, -0.2) is 25.2 Å². The Labute approximate surface area is 125 Å². The van der Waals surface area contributed by atoms with Gasteiger partial charge in [-0.15, -0.1) is 0 Å². The number of hydrogen-bond donors (Lipinski definition) is 3. The van der Waals surface area contributed by atoms with Gasteiger partial charge in [-0.1, -0.05) is 13.0 Å². The van der Waals surface area contributed by atoms with Crippen molar-refractivity contribution in [1.29, 1.82) is 0 Å². The molecule has 7 heteroatoms. The lowest BCUT2D eigenvalue weighted by Gasteiger charge is -2.10. The number of benzene rings is 1. The molecule has 1 aromatic heterocycles. The second-order valence-corrected chi connectivity index (χ2v) is 6.57. The third-order valence-corrected chi connectivity index (χ3v) is 4.62. The average Bonchev–Trinajstić information content (AvgIpc) is 2.97. The second kappa shape index (κ2) is 6.84. The molecule has 1 heterocycles. The maximum Gasteiger partial charge on any atom is 0.240 e. The van der Waals surface area contributed by atoms with Gasteiger partial charge in [-0.2, -0.15) is 5.10 Å². The Balaban J connectivity index is 2.15. The van der Waals surface area contributed by atoms with Crippen LogP contribution in [0.15, 0.2) is 35.5 Å². The summed E-state index contributed by atoms with van der Waals surface area (Å²) in [5.41, 5.74) is 2.85. The molecule has 0 radical (unpaired) electrons. The van der Waals surface area contributed by atoms with Crippen molar-refractivity contribution in [2.24, 2.45) is 0 Å². The van der Waals surface area contributed by atoms with E-state index >= 15 is 0 Å². The maximum atomic E-state index is 12.3. The average molecular weight is 308 g/mol. The molecule has 0 amide bonds. The molecule has 0 aliphatic heterocycles. The molecule has 0 bridgehead atoms. The van der Waals surface area contributed by atoms with E-state index in [-0.39, 0.29) is 11.4 Å². The molecule has 114 valence electrons. The van der Waals surface area contributed by atoms with E-state index in [1.54, 1.807) is 24.5 Å². The van der Waals surface area contributed by atoms with Gasteiger partial charge in [0.15, 0.2) is 0 Å². The van der Waals surface area contributed by atoms with Crippen LogP contribution in [0.3, 0.4) is 0 Å². The molecule has 0 atom stereocenters. The first-order valence-corrected chi connectivity index (χ1v) is 8.29. The SMILES string of the molecule is CCNCc1cc(S(=O)(=O)NCc2cn[nH]c2)ccc1C. The molecule has 0 unspecified atom stereocenters. The lowest BCUT2D eigenvalue weighted by Crippen LogP contribution is -2.23. The molecular formula is C14H20N4O2S. The highest BCUT2D eigenvalue weighted by Crippen LogP contribution is 2.16. The van der Waals surface area contributed by atoms with Crippen molar-refractivity contribution in [2.75, 3.05) is 6.54 Å². The van der Waals surface area contributed by atoms with E-state index in [1.165, 1.54) is 0 Å². The fourth-order valence-corrected chi connectivity index (χ4v) is 2.97. The molecule has 2 rings (SSSR count). The molecule has 6 nitrogen and oxygen atoms in total. The minimum Gasteiger partial charge on any atom is -0.313 e. The monoisotopic (exact) mass is 308 g/mol. The number of nitrogens with one attached hydrogen (secondary N) is 3. The van der Waals surface area contributed by atoms with Gasteiger partial charge < -0.3 is 5.32 Å². The Morgan fingerprint density at radius 1 is 1.29 bits per heavy atom. The Bertz CT molecular complexity index is 681. The predicted molar refractivity (Wildman–Crippen MR) is 81.2 cm³/mol. The van der Waals surface area contributed by atoms with Crippen LogP contribution in [-0.2, 0) is 23.1 Å². The van der Waals surface area contributed by atoms with Crippen LogP contribution < -0.4 is 10.0 Å². The zero-order valence-electron chi connectivity index (χ0n) is 12.2. The van der Waals surface area contributed by atoms with Crippen molar-refractivity contribution in [3.05, 3.63) is 47.3 Å². The summed E-state index contributed by atoms with van der Waals surface area (Å²) in [6, 6.07) is 5.18. The van der Waals surface area contributed by atoms with Crippen LogP contribution in [0.2, 0.25) is 0 Å². The normalized spacial score (nSPS) is 11.7.